The summed E-state index contributed by atoms with van der Waals surface area (Å²) in [5, 5.41) is 7.54. The van der Waals surface area contributed by atoms with Gasteiger partial charge in [0.15, 0.2) is 9.84 Å². The van der Waals surface area contributed by atoms with E-state index >= 15 is 0 Å². The Morgan fingerprint density at radius 2 is 1.69 bits per heavy atom. The normalized spacial score (nSPS) is 10.4. The van der Waals surface area contributed by atoms with Crippen LogP contribution in [-0.2, 0) is 14.6 Å². The second kappa shape index (κ2) is 12.6. The molecule has 156 valence electrons. The molecule has 2 aromatic rings. The Kier molecular flexibility index (Phi) is 10.5. The van der Waals surface area contributed by atoms with Crippen LogP contribution in [-0.4, -0.2) is 43.4 Å². The fourth-order valence-electron chi connectivity index (χ4n) is 2.29. The highest BCUT2D eigenvalue weighted by molar-refractivity contribution is 7.91. The summed E-state index contributed by atoms with van der Waals surface area (Å²) in [4.78, 5) is 11.5. The molecular weight excluding hydrogens is 392 g/mol. The SMILES string of the molecule is C#CCN(CCC)CS(=O)(=O)c1ccc(Oc2ccccc2)cc1.CC(=O)NO. The van der Waals surface area contributed by atoms with Crippen molar-refractivity contribution in [3.8, 4) is 23.8 Å². The highest BCUT2D eigenvalue weighted by Crippen LogP contribution is 2.23. The molecule has 0 heterocycles. The van der Waals surface area contributed by atoms with E-state index in [0.717, 1.165) is 6.42 Å². The van der Waals surface area contributed by atoms with Crippen molar-refractivity contribution in [2.45, 2.75) is 25.2 Å². The van der Waals surface area contributed by atoms with Crippen molar-refractivity contribution in [2.75, 3.05) is 19.0 Å². The van der Waals surface area contributed by atoms with Crippen LogP contribution in [0.1, 0.15) is 20.3 Å². The van der Waals surface area contributed by atoms with Crippen LogP contribution in [0.2, 0.25) is 0 Å². The lowest BCUT2D eigenvalue weighted by Crippen LogP contribution is -2.31. The Balaban J connectivity index is 0.000000749. The summed E-state index contributed by atoms with van der Waals surface area (Å²) >= 11 is 0. The van der Waals surface area contributed by atoms with Gasteiger partial charge in [-0.3, -0.25) is 14.9 Å². The molecule has 0 unspecified atom stereocenters. The number of para-hydroxylation sites is 1. The van der Waals surface area contributed by atoms with Gasteiger partial charge in [-0.05, 0) is 49.4 Å². The molecule has 2 aromatic carbocycles. The molecular formula is C21H26N2O5S. The van der Waals surface area contributed by atoms with Gasteiger partial charge in [0.05, 0.1) is 11.4 Å². The zero-order valence-corrected chi connectivity index (χ0v) is 17.4. The number of hydrogen-bond acceptors (Lipinski definition) is 6. The van der Waals surface area contributed by atoms with E-state index in [1.807, 2.05) is 37.3 Å². The van der Waals surface area contributed by atoms with Gasteiger partial charge in [0, 0.05) is 6.92 Å². The summed E-state index contributed by atoms with van der Waals surface area (Å²) in [6, 6.07) is 15.8. The van der Waals surface area contributed by atoms with E-state index < -0.39 is 15.7 Å². The van der Waals surface area contributed by atoms with Crippen LogP contribution in [0.4, 0.5) is 0 Å². The number of hydroxylamine groups is 1. The zero-order chi connectivity index (χ0) is 21.7. The third kappa shape index (κ3) is 9.25. The molecule has 2 N–H and O–H groups in total. The standard InChI is InChI=1S/C19H21NO3S.C2H5NO2/c1-3-14-20(15-4-2)16-24(21,22)19-12-10-18(11-13-19)23-17-8-6-5-7-9-17;1-2(4)3-5/h1,5-13H,4,14-16H2,2H3;5H,1H3,(H,3,4). The first-order valence-corrected chi connectivity index (χ1v) is 10.6. The molecule has 0 fully saturated rings. The van der Waals surface area contributed by atoms with Gasteiger partial charge in [-0.2, -0.15) is 0 Å². The maximum absolute atomic E-state index is 12.5. The number of rotatable bonds is 8. The summed E-state index contributed by atoms with van der Waals surface area (Å²) in [6.45, 7) is 4.19. The molecule has 0 aliphatic rings. The number of ether oxygens (including phenoxy) is 1. The van der Waals surface area contributed by atoms with E-state index in [1.165, 1.54) is 12.4 Å². The molecule has 0 saturated heterocycles. The lowest BCUT2D eigenvalue weighted by molar-refractivity contribution is -0.126. The minimum Gasteiger partial charge on any atom is -0.457 e. The lowest BCUT2D eigenvalue weighted by atomic mass is 10.3. The fraction of sp³-hybridized carbons (Fsp3) is 0.286. The number of nitrogens with one attached hydrogen (secondary N) is 1. The van der Waals surface area contributed by atoms with E-state index in [9.17, 15) is 13.2 Å². The molecule has 0 aromatic heterocycles. The zero-order valence-electron chi connectivity index (χ0n) is 16.5. The summed E-state index contributed by atoms with van der Waals surface area (Å²) < 4.78 is 30.7. The Morgan fingerprint density at radius 3 is 2.17 bits per heavy atom. The third-order valence-electron chi connectivity index (χ3n) is 3.53. The van der Waals surface area contributed by atoms with Gasteiger partial charge in [0.2, 0.25) is 5.91 Å². The van der Waals surface area contributed by atoms with Crippen LogP contribution in [0.5, 0.6) is 11.5 Å². The molecule has 0 aliphatic carbocycles. The number of sulfone groups is 1. The number of carbonyl (C=O) groups excluding carboxylic acids is 1. The van der Waals surface area contributed by atoms with Gasteiger partial charge < -0.3 is 4.74 Å². The number of carbonyl (C=O) groups is 1. The molecule has 0 saturated carbocycles. The van der Waals surface area contributed by atoms with Crippen molar-refractivity contribution < 1.29 is 23.2 Å². The van der Waals surface area contributed by atoms with Crippen molar-refractivity contribution in [3.05, 3.63) is 54.6 Å². The van der Waals surface area contributed by atoms with Gasteiger partial charge in [-0.25, -0.2) is 13.9 Å². The van der Waals surface area contributed by atoms with Gasteiger partial charge in [-0.1, -0.05) is 31.0 Å². The second-order valence-electron chi connectivity index (χ2n) is 6.06. The van der Waals surface area contributed by atoms with Crippen LogP contribution in [0, 0.1) is 12.3 Å². The lowest BCUT2D eigenvalue weighted by Gasteiger charge is -2.18. The minimum atomic E-state index is -3.42. The number of amides is 1. The maximum Gasteiger partial charge on any atom is 0.240 e. The summed E-state index contributed by atoms with van der Waals surface area (Å²) in [5.74, 6) is 3.28. The Morgan fingerprint density at radius 1 is 1.14 bits per heavy atom. The summed E-state index contributed by atoms with van der Waals surface area (Å²) in [6.07, 6.45) is 6.16. The van der Waals surface area contributed by atoms with Gasteiger partial charge in [-0.15, -0.1) is 6.42 Å². The first-order chi connectivity index (χ1) is 13.8. The Hall–Kier alpha value is -2.86. The van der Waals surface area contributed by atoms with E-state index in [4.69, 9.17) is 16.4 Å². The quantitative estimate of drug-likeness (QED) is 0.389. The van der Waals surface area contributed by atoms with Gasteiger partial charge >= 0.3 is 0 Å². The molecule has 0 bridgehead atoms. The fourth-order valence-corrected chi connectivity index (χ4v) is 3.69. The Bertz CT molecular complexity index is 891. The molecule has 29 heavy (non-hydrogen) atoms. The monoisotopic (exact) mass is 418 g/mol. The van der Waals surface area contributed by atoms with E-state index in [1.54, 1.807) is 29.2 Å². The molecule has 8 heteroatoms. The van der Waals surface area contributed by atoms with Crippen molar-refractivity contribution in [2.24, 2.45) is 0 Å². The molecule has 0 spiro atoms. The number of terminal acetylenes is 1. The highest BCUT2D eigenvalue weighted by Gasteiger charge is 2.18. The van der Waals surface area contributed by atoms with Gasteiger partial charge in [0.25, 0.3) is 0 Å². The largest absolute Gasteiger partial charge is 0.457 e. The molecule has 7 nitrogen and oxygen atoms in total. The topological polar surface area (TPSA) is 95.9 Å². The summed E-state index contributed by atoms with van der Waals surface area (Å²) in [7, 11) is -3.42. The molecule has 0 radical (unpaired) electrons. The van der Waals surface area contributed by atoms with Crippen molar-refractivity contribution in [1.82, 2.24) is 10.4 Å². The minimum absolute atomic E-state index is 0.0794. The van der Waals surface area contributed by atoms with Crippen LogP contribution in [0.3, 0.4) is 0 Å². The summed E-state index contributed by atoms with van der Waals surface area (Å²) in [5.41, 5.74) is 1.39. The van der Waals surface area contributed by atoms with E-state index in [0.29, 0.717) is 24.6 Å². The predicted molar refractivity (Wildman–Crippen MR) is 111 cm³/mol. The highest BCUT2D eigenvalue weighted by atomic mass is 32.2. The van der Waals surface area contributed by atoms with Crippen LogP contribution in [0.15, 0.2) is 59.5 Å². The van der Waals surface area contributed by atoms with Crippen molar-refractivity contribution in [1.29, 1.82) is 0 Å². The van der Waals surface area contributed by atoms with Crippen molar-refractivity contribution >= 4 is 15.7 Å². The van der Waals surface area contributed by atoms with E-state index in [2.05, 4.69) is 5.92 Å². The van der Waals surface area contributed by atoms with Crippen molar-refractivity contribution in [3.63, 3.8) is 0 Å². The number of nitrogens with zero attached hydrogens (tertiary/aromatic N) is 1. The Labute approximate surface area is 172 Å². The number of hydrogen-bond donors (Lipinski definition) is 2. The first-order valence-electron chi connectivity index (χ1n) is 8.94. The van der Waals surface area contributed by atoms with Gasteiger partial charge in [0.1, 0.15) is 17.4 Å². The van der Waals surface area contributed by atoms with Crippen LogP contribution < -0.4 is 10.2 Å². The van der Waals surface area contributed by atoms with E-state index in [-0.39, 0.29) is 10.8 Å². The molecule has 0 aliphatic heterocycles. The maximum atomic E-state index is 12.5. The molecule has 1 amide bonds. The predicted octanol–water partition coefficient (Wildman–Crippen LogP) is 3.07. The smallest absolute Gasteiger partial charge is 0.240 e. The average Bonchev–Trinajstić information content (AvgIpc) is 2.70. The van der Waals surface area contributed by atoms with Crippen LogP contribution in [0.25, 0.3) is 0 Å². The second-order valence-corrected chi connectivity index (χ2v) is 8.01. The average molecular weight is 419 g/mol. The molecule has 2 rings (SSSR count). The van der Waals surface area contributed by atoms with Crippen LogP contribution >= 0.6 is 0 Å². The molecule has 0 atom stereocenters. The third-order valence-corrected chi connectivity index (χ3v) is 5.22. The number of benzene rings is 2. The first kappa shape index (κ1) is 24.2.